The molecule has 1 fully saturated rings. The van der Waals surface area contributed by atoms with Crippen molar-refractivity contribution in [3.8, 4) is 11.5 Å². The Balaban J connectivity index is 0.00000132. The van der Waals surface area contributed by atoms with Gasteiger partial charge in [-0.2, -0.15) is 0 Å². The summed E-state index contributed by atoms with van der Waals surface area (Å²) < 4.78 is 5.98. The Morgan fingerprint density at radius 2 is 1.77 bits per heavy atom. The molecule has 1 aliphatic rings. The summed E-state index contributed by atoms with van der Waals surface area (Å²) in [5.74, 6) is 1.50. The highest BCUT2D eigenvalue weighted by Gasteiger charge is 2.11. The van der Waals surface area contributed by atoms with Gasteiger partial charge in [-0.05, 0) is 60.2 Å². The number of pyridine rings is 1. The minimum absolute atomic E-state index is 0.556. The molecule has 2 heterocycles. The second kappa shape index (κ2) is 11.2. The summed E-state index contributed by atoms with van der Waals surface area (Å²) in [5, 5.41) is 11.5. The average molecular weight is 418 g/mol. The van der Waals surface area contributed by atoms with Gasteiger partial charge >= 0.3 is 0 Å². The summed E-state index contributed by atoms with van der Waals surface area (Å²) in [5.41, 5.74) is 9.39. The summed E-state index contributed by atoms with van der Waals surface area (Å²) in [4.78, 5) is 7.24. The molecule has 6 heteroatoms. The van der Waals surface area contributed by atoms with E-state index in [-0.39, 0.29) is 0 Å². The molecule has 1 aliphatic heterocycles. The first-order valence-corrected chi connectivity index (χ1v) is 10.8. The van der Waals surface area contributed by atoms with E-state index in [9.17, 15) is 0 Å². The molecule has 31 heavy (non-hydrogen) atoms. The highest BCUT2D eigenvalue weighted by molar-refractivity contribution is 5.82. The minimum Gasteiger partial charge on any atom is -0.457 e. The van der Waals surface area contributed by atoms with Crippen molar-refractivity contribution in [3.05, 3.63) is 71.9 Å². The van der Waals surface area contributed by atoms with Crippen molar-refractivity contribution in [1.82, 2.24) is 15.2 Å². The van der Waals surface area contributed by atoms with Crippen LogP contribution in [0.15, 0.2) is 60.7 Å². The molecule has 4 N–H and O–H groups in total. The van der Waals surface area contributed by atoms with E-state index < -0.39 is 0 Å². The highest BCUT2D eigenvalue weighted by atomic mass is 16.5. The number of piperazine rings is 1. The lowest BCUT2D eigenvalue weighted by Crippen LogP contribution is -2.43. The predicted molar refractivity (Wildman–Crippen MR) is 129 cm³/mol. The number of ether oxygens (including phenoxy) is 1. The fourth-order valence-electron chi connectivity index (χ4n) is 3.43. The zero-order valence-corrected chi connectivity index (χ0v) is 18.3. The van der Waals surface area contributed by atoms with Gasteiger partial charge in [0.2, 0.25) is 0 Å². The SMILES string of the molecule is CC.N=C/C=C(\N)c1ccc(Oc2ccc3nc(CN4CCNCC4)ccc3c2)cc1. The number of hydrogen-bond acceptors (Lipinski definition) is 6. The molecule has 0 amide bonds. The molecule has 0 unspecified atom stereocenters. The number of benzene rings is 2. The van der Waals surface area contributed by atoms with Gasteiger partial charge in [0, 0.05) is 50.0 Å². The van der Waals surface area contributed by atoms with Gasteiger partial charge in [0.25, 0.3) is 0 Å². The fraction of sp³-hybridized carbons (Fsp3) is 0.280. The first kappa shape index (κ1) is 22.5. The molecule has 1 saturated heterocycles. The maximum Gasteiger partial charge on any atom is 0.128 e. The third-order valence-electron chi connectivity index (χ3n) is 5.00. The van der Waals surface area contributed by atoms with Crippen molar-refractivity contribution < 1.29 is 4.74 Å². The average Bonchev–Trinajstić information content (AvgIpc) is 2.82. The Morgan fingerprint density at radius 1 is 1.06 bits per heavy atom. The van der Waals surface area contributed by atoms with Gasteiger partial charge in [-0.25, -0.2) is 0 Å². The lowest BCUT2D eigenvalue weighted by Gasteiger charge is -2.26. The fourth-order valence-corrected chi connectivity index (χ4v) is 3.43. The summed E-state index contributed by atoms with van der Waals surface area (Å²) in [6.07, 6.45) is 2.74. The Hall–Kier alpha value is -3.22. The molecule has 0 aliphatic carbocycles. The van der Waals surface area contributed by atoms with Crippen molar-refractivity contribution in [2.45, 2.75) is 20.4 Å². The Kier molecular flexibility index (Phi) is 8.15. The number of rotatable bonds is 6. The van der Waals surface area contributed by atoms with Gasteiger partial charge in [0.1, 0.15) is 11.5 Å². The van der Waals surface area contributed by atoms with Crippen LogP contribution in [-0.4, -0.2) is 42.3 Å². The molecule has 4 rings (SSSR count). The molecule has 0 bridgehead atoms. The summed E-state index contributed by atoms with van der Waals surface area (Å²) >= 11 is 0. The quantitative estimate of drug-likeness (QED) is 0.517. The van der Waals surface area contributed by atoms with Crippen LogP contribution in [0.2, 0.25) is 0 Å². The van der Waals surface area contributed by atoms with Crippen LogP contribution in [0, 0.1) is 5.41 Å². The topological polar surface area (TPSA) is 87.3 Å². The van der Waals surface area contributed by atoms with Gasteiger partial charge in [-0.3, -0.25) is 9.88 Å². The van der Waals surface area contributed by atoms with E-state index in [1.165, 1.54) is 6.21 Å². The summed E-state index contributed by atoms with van der Waals surface area (Å²) in [7, 11) is 0. The van der Waals surface area contributed by atoms with Crippen molar-refractivity contribution in [2.24, 2.45) is 5.73 Å². The number of nitrogens with zero attached hydrogens (tertiary/aromatic N) is 2. The zero-order valence-electron chi connectivity index (χ0n) is 18.3. The molecule has 1 aromatic heterocycles. The lowest BCUT2D eigenvalue weighted by atomic mass is 10.1. The number of allylic oxidation sites excluding steroid dienone is 1. The van der Waals surface area contributed by atoms with Crippen LogP contribution in [0.4, 0.5) is 0 Å². The molecule has 2 aromatic carbocycles. The maximum atomic E-state index is 7.10. The summed E-state index contributed by atoms with van der Waals surface area (Å²) in [6.45, 7) is 9.10. The second-order valence-corrected chi connectivity index (χ2v) is 7.10. The molecule has 0 saturated carbocycles. The van der Waals surface area contributed by atoms with Crippen LogP contribution < -0.4 is 15.8 Å². The third-order valence-corrected chi connectivity index (χ3v) is 5.00. The molecular weight excluding hydrogens is 386 g/mol. The molecule has 0 radical (unpaired) electrons. The van der Waals surface area contributed by atoms with Crippen molar-refractivity contribution in [2.75, 3.05) is 26.2 Å². The smallest absolute Gasteiger partial charge is 0.128 e. The Morgan fingerprint density at radius 3 is 2.48 bits per heavy atom. The zero-order chi connectivity index (χ0) is 22.1. The van der Waals surface area contributed by atoms with Gasteiger partial charge in [0.05, 0.1) is 11.2 Å². The van der Waals surface area contributed by atoms with Gasteiger partial charge in [-0.1, -0.05) is 19.9 Å². The Bertz CT molecular complexity index is 1020. The molecule has 0 spiro atoms. The van der Waals surface area contributed by atoms with E-state index in [0.717, 1.165) is 66.4 Å². The third kappa shape index (κ3) is 6.13. The number of nitrogens with two attached hydrogens (primary N) is 1. The predicted octanol–water partition coefficient (Wildman–Crippen LogP) is 4.41. The number of hydrogen-bond donors (Lipinski definition) is 3. The van der Waals surface area contributed by atoms with E-state index in [1.807, 2.05) is 56.3 Å². The second-order valence-electron chi connectivity index (χ2n) is 7.10. The highest BCUT2D eigenvalue weighted by Crippen LogP contribution is 2.26. The molecule has 0 atom stereocenters. The minimum atomic E-state index is 0.556. The number of nitrogens with one attached hydrogen (secondary N) is 2. The number of fused-ring (bicyclic) bond motifs is 1. The number of aromatic nitrogens is 1. The first-order valence-electron chi connectivity index (χ1n) is 10.8. The Labute approximate surface area is 184 Å². The molecule has 162 valence electrons. The standard InChI is InChI=1S/C23H25N5O.C2H6/c24-10-9-22(25)17-2-5-20(6-3-17)29-21-7-8-23-18(15-21)1-4-19(27-23)16-28-13-11-26-12-14-28;1-2/h1-10,15,24,26H,11-14,16,25H2;1-2H3/b22-9-,24-10?;. The van der Waals surface area contributed by atoms with E-state index in [4.69, 9.17) is 20.9 Å². The van der Waals surface area contributed by atoms with Crippen LogP contribution in [-0.2, 0) is 6.54 Å². The van der Waals surface area contributed by atoms with E-state index in [1.54, 1.807) is 6.08 Å². The van der Waals surface area contributed by atoms with Crippen LogP contribution >= 0.6 is 0 Å². The van der Waals surface area contributed by atoms with Crippen molar-refractivity contribution >= 4 is 22.8 Å². The first-order chi connectivity index (χ1) is 15.2. The lowest BCUT2D eigenvalue weighted by molar-refractivity contribution is 0.231. The maximum absolute atomic E-state index is 7.10. The monoisotopic (exact) mass is 417 g/mol. The molecule has 3 aromatic rings. The summed E-state index contributed by atoms with van der Waals surface area (Å²) in [6, 6.07) is 17.7. The van der Waals surface area contributed by atoms with Crippen LogP contribution in [0.1, 0.15) is 25.1 Å². The van der Waals surface area contributed by atoms with Crippen molar-refractivity contribution in [1.29, 1.82) is 5.41 Å². The van der Waals surface area contributed by atoms with Gasteiger partial charge in [-0.15, -0.1) is 0 Å². The molecular formula is C25H31N5O. The largest absolute Gasteiger partial charge is 0.457 e. The van der Waals surface area contributed by atoms with Gasteiger partial charge in [0.15, 0.2) is 0 Å². The van der Waals surface area contributed by atoms with E-state index >= 15 is 0 Å². The van der Waals surface area contributed by atoms with E-state index in [0.29, 0.717) is 5.70 Å². The van der Waals surface area contributed by atoms with E-state index in [2.05, 4.69) is 22.3 Å². The van der Waals surface area contributed by atoms with Crippen molar-refractivity contribution in [3.63, 3.8) is 0 Å². The molecule has 6 nitrogen and oxygen atoms in total. The van der Waals surface area contributed by atoms with Gasteiger partial charge < -0.3 is 21.2 Å². The normalized spacial score (nSPS) is 14.6. The van der Waals surface area contributed by atoms with Crippen LogP contribution in [0.5, 0.6) is 11.5 Å². The van der Waals surface area contributed by atoms with Crippen LogP contribution in [0.25, 0.3) is 16.6 Å². The van der Waals surface area contributed by atoms with Crippen LogP contribution in [0.3, 0.4) is 0 Å².